The summed E-state index contributed by atoms with van der Waals surface area (Å²) < 4.78 is 35.2. The third-order valence-electron chi connectivity index (χ3n) is 4.84. The number of furan rings is 1. The Bertz CT molecular complexity index is 911. The highest BCUT2D eigenvalue weighted by Gasteiger charge is 2.35. The summed E-state index contributed by atoms with van der Waals surface area (Å²) in [5.41, 5.74) is 1.92. The van der Waals surface area contributed by atoms with Gasteiger partial charge < -0.3 is 14.1 Å². The number of hydrogen-bond acceptors (Lipinski definition) is 5. The molecule has 1 aliphatic rings. The first-order valence-electron chi connectivity index (χ1n) is 8.99. The number of para-hydroxylation sites is 1. The van der Waals surface area contributed by atoms with Crippen molar-refractivity contribution in [2.24, 2.45) is 0 Å². The van der Waals surface area contributed by atoms with Crippen LogP contribution in [0.5, 0.6) is 5.75 Å². The normalized spacial score (nSPS) is 18.4. The quantitative estimate of drug-likeness (QED) is 0.757. The molecule has 1 atom stereocenters. The molecule has 0 bridgehead atoms. The molecule has 1 amide bonds. The highest BCUT2D eigenvalue weighted by molar-refractivity contribution is 7.91. The number of ether oxygens (including phenoxy) is 1. The molecule has 2 heterocycles. The molecular weight excluding hydrogens is 366 g/mol. The van der Waals surface area contributed by atoms with Crippen molar-refractivity contribution in [3.05, 3.63) is 53.0 Å². The smallest absolute Gasteiger partial charge is 0.261 e. The van der Waals surface area contributed by atoms with E-state index in [2.05, 4.69) is 0 Å². The minimum Gasteiger partial charge on any atom is -0.483 e. The van der Waals surface area contributed by atoms with Crippen molar-refractivity contribution >= 4 is 15.7 Å². The Balaban J connectivity index is 1.76. The predicted octanol–water partition coefficient (Wildman–Crippen LogP) is 2.80. The van der Waals surface area contributed by atoms with E-state index in [0.717, 1.165) is 16.9 Å². The van der Waals surface area contributed by atoms with Gasteiger partial charge >= 0.3 is 0 Å². The van der Waals surface area contributed by atoms with Gasteiger partial charge in [0.15, 0.2) is 16.4 Å². The topological polar surface area (TPSA) is 76.8 Å². The summed E-state index contributed by atoms with van der Waals surface area (Å²) in [6.07, 6.45) is 0.442. The van der Waals surface area contributed by atoms with E-state index >= 15 is 0 Å². The number of rotatable bonds is 6. The summed E-state index contributed by atoms with van der Waals surface area (Å²) in [5, 5.41) is 0. The van der Waals surface area contributed by atoms with Crippen molar-refractivity contribution in [2.75, 3.05) is 18.1 Å². The predicted molar refractivity (Wildman–Crippen MR) is 102 cm³/mol. The van der Waals surface area contributed by atoms with Gasteiger partial charge in [-0.25, -0.2) is 8.42 Å². The fourth-order valence-corrected chi connectivity index (χ4v) is 5.15. The van der Waals surface area contributed by atoms with Crippen LogP contribution in [-0.2, 0) is 21.2 Å². The molecule has 0 unspecified atom stereocenters. The molecule has 1 aromatic carbocycles. The highest BCUT2D eigenvalue weighted by Crippen LogP contribution is 2.24. The average Bonchev–Trinajstić information content (AvgIpc) is 3.16. The molecule has 0 N–H and O–H groups in total. The number of carbonyl (C=O) groups is 1. The van der Waals surface area contributed by atoms with Crippen LogP contribution in [0.3, 0.4) is 0 Å². The molecule has 146 valence electrons. The van der Waals surface area contributed by atoms with Crippen molar-refractivity contribution in [1.82, 2.24) is 4.90 Å². The maximum Gasteiger partial charge on any atom is 0.261 e. The van der Waals surface area contributed by atoms with Crippen LogP contribution in [0, 0.1) is 20.8 Å². The summed E-state index contributed by atoms with van der Waals surface area (Å²) in [7, 11) is -3.11. The summed E-state index contributed by atoms with van der Waals surface area (Å²) in [6, 6.07) is 9.09. The second kappa shape index (κ2) is 7.76. The third-order valence-corrected chi connectivity index (χ3v) is 6.59. The van der Waals surface area contributed by atoms with Gasteiger partial charge in [0, 0.05) is 6.04 Å². The van der Waals surface area contributed by atoms with E-state index < -0.39 is 9.84 Å². The molecule has 1 aliphatic heterocycles. The van der Waals surface area contributed by atoms with Crippen molar-refractivity contribution in [3.63, 3.8) is 0 Å². The van der Waals surface area contributed by atoms with Gasteiger partial charge in [-0.3, -0.25) is 4.79 Å². The maximum atomic E-state index is 12.9. The minimum atomic E-state index is -3.11. The lowest BCUT2D eigenvalue weighted by molar-refractivity contribution is -0.136. The minimum absolute atomic E-state index is 0.0121. The van der Waals surface area contributed by atoms with Crippen LogP contribution >= 0.6 is 0 Å². The first kappa shape index (κ1) is 19.5. The van der Waals surface area contributed by atoms with E-state index in [1.165, 1.54) is 0 Å². The first-order chi connectivity index (χ1) is 12.7. The first-order valence-corrected chi connectivity index (χ1v) is 10.8. The fourth-order valence-electron chi connectivity index (χ4n) is 3.42. The van der Waals surface area contributed by atoms with Crippen molar-refractivity contribution < 1.29 is 22.4 Å². The van der Waals surface area contributed by atoms with Crippen LogP contribution < -0.4 is 4.74 Å². The van der Waals surface area contributed by atoms with Crippen molar-refractivity contribution in [2.45, 2.75) is 39.8 Å². The van der Waals surface area contributed by atoms with Gasteiger partial charge in [0.2, 0.25) is 0 Å². The van der Waals surface area contributed by atoms with Crippen LogP contribution in [-0.4, -0.2) is 43.4 Å². The molecule has 0 saturated carbocycles. The lowest BCUT2D eigenvalue weighted by atomic mass is 10.1. The zero-order chi connectivity index (χ0) is 19.6. The summed E-state index contributed by atoms with van der Waals surface area (Å²) >= 11 is 0. The summed E-state index contributed by atoms with van der Waals surface area (Å²) in [5.74, 6) is 1.94. The molecule has 0 radical (unpaired) electrons. The molecule has 2 aromatic rings. The van der Waals surface area contributed by atoms with Crippen LogP contribution in [0.4, 0.5) is 0 Å². The van der Waals surface area contributed by atoms with Gasteiger partial charge in [0.05, 0.1) is 18.1 Å². The van der Waals surface area contributed by atoms with Gasteiger partial charge in [-0.05, 0) is 50.5 Å². The average molecular weight is 391 g/mol. The van der Waals surface area contributed by atoms with E-state index in [-0.39, 0.29) is 36.6 Å². The molecule has 1 aromatic heterocycles. The molecule has 27 heavy (non-hydrogen) atoms. The van der Waals surface area contributed by atoms with Gasteiger partial charge in [0.1, 0.15) is 17.3 Å². The van der Waals surface area contributed by atoms with E-state index in [1.54, 1.807) is 4.90 Å². The fraction of sp³-hybridized carbons (Fsp3) is 0.450. The van der Waals surface area contributed by atoms with Crippen LogP contribution in [0.25, 0.3) is 0 Å². The Morgan fingerprint density at radius 2 is 1.89 bits per heavy atom. The highest BCUT2D eigenvalue weighted by atomic mass is 32.2. The lowest BCUT2D eigenvalue weighted by Crippen LogP contribution is -2.43. The van der Waals surface area contributed by atoms with E-state index in [4.69, 9.17) is 9.15 Å². The molecular formula is C20H25NO5S. The van der Waals surface area contributed by atoms with Gasteiger partial charge in [-0.1, -0.05) is 18.2 Å². The number of benzene rings is 1. The Morgan fingerprint density at radius 3 is 2.44 bits per heavy atom. The van der Waals surface area contributed by atoms with Crippen molar-refractivity contribution in [1.29, 1.82) is 0 Å². The Kier molecular flexibility index (Phi) is 5.60. The number of hydrogen-bond donors (Lipinski definition) is 0. The molecule has 6 nitrogen and oxygen atoms in total. The van der Waals surface area contributed by atoms with Gasteiger partial charge in [0.25, 0.3) is 5.91 Å². The number of nitrogens with zero attached hydrogens (tertiary/aromatic N) is 1. The molecule has 0 aliphatic carbocycles. The summed E-state index contributed by atoms with van der Waals surface area (Å²) in [4.78, 5) is 14.5. The monoisotopic (exact) mass is 391 g/mol. The van der Waals surface area contributed by atoms with Crippen molar-refractivity contribution in [3.8, 4) is 5.75 Å². The van der Waals surface area contributed by atoms with Crippen LogP contribution in [0.2, 0.25) is 0 Å². The number of sulfone groups is 1. The molecule has 1 fully saturated rings. The Labute approximate surface area is 160 Å². The van der Waals surface area contributed by atoms with Gasteiger partial charge in [-0.2, -0.15) is 0 Å². The Hall–Kier alpha value is -2.28. The lowest BCUT2D eigenvalue weighted by Gasteiger charge is -2.27. The second-order valence-corrected chi connectivity index (χ2v) is 9.33. The van der Waals surface area contributed by atoms with E-state index in [1.807, 2.05) is 51.1 Å². The Morgan fingerprint density at radius 1 is 1.19 bits per heavy atom. The van der Waals surface area contributed by atoms with Crippen LogP contribution in [0.1, 0.15) is 29.1 Å². The van der Waals surface area contributed by atoms with Gasteiger partial charge in [-0.15, -0.1) is 0 Å². The number of amides is 1. The van der Waals surface area contributed by atoms with E-state index in [0.29, 0.717) is 17.9 Å². The van der Waals surface area contributed by atoms with Crippen LogP contribution in [0.15, 0.2) is 34.7 Å². The molecule has 7 heteroatoms. The molecule has 0 spiro atoms. The third kappa shape index (κ3) is 4.71. The number of aryl methyl sites for hydroxylation is 3. The molecule has 3 rings (SSSR count). The summed E-state index contributed by atoms with van der Waals surface area (Å²) in [6.45, 7) is 5.80. The largest absolute Gasteiger partial charge is 0.483 e. The maximum absolute atomic E-state index is 12.9. The van der Waals surface area contributed by atoms with E-state index in [9.17, 15) is 13.2 Å². The molecule has 1 saturated heterocycles. The zero-order valence-electron chi connectivity index (χ0n) is 15.9. The number of carbonyl (C=O) groups excluding carboxylic acids is 1. The SMILES string of the molecule is Cc1ccc(CN(C(=O)COc2c(C)cccc2C)[C@@H]2CCS(=O)(=O)C2)o1. The zero-order valence-corrected chi connectivity index (χ0v) is 16.7. The standard InChI is InChI=1S/C20H25NO5S/c1-14-5-4-6-15(2)20(14)25-12-19(22)21(11-18-8-7-16(3)26-18)17-9-10-27(23,24)13-17/h4-8,17H,9-13H2,1-3H3/t17-/m1/s1. The second-order valence-electron chi connectivity index (χ2n) is 7.10.